The van der Waals surface area contributed by atoms with E-state index in [1.54, 1.807) is 24.3 Å². The number of benzene rings is 1. The maximum Gasteiger partial charge on any atom is 0.340 e. The Morgan fingerprint density at radius 3 is 2.33 bits per heavy atom. The van der Waals surface area contributed by atoms with Gasteiger partial charge in [-0.05, 0) is 24.3 Å². The first-order chi connectivity index (χ1) is 7.08. The number of hydrogen-bond acceptors (Lipinski definition) is 3. The highest BCUT2D eigenvalue weighted by Crippen LogP contribution is 2.12. The summed E-state index contributed by atoms with van der Waals surface area (Å²) >= 11 is 5.67. The summed E-state index contributed by atoms with van der Waals surface area (Å²) in [6.07, 6.45) is 0. The van der Waals surface area contributed by atoms with Gasteiger partial charge in [-0.3, -0.25) is 21.0 Å². The molecule has 5 nitrogen and oxygen atoms in total. The fraction of sp³-hybridized carbons (Fsp3) is 0.111. The smallest absolute Gasteiger partial charge is 0.297 e. The molecule has 1 aromatic carbocycles. The van der Waals surface area contributed by atoms with Crippen LogP contribution in [0.15, 0.2) is 24.3 Å². The number of imide groups is 1. The topological polar surface area (TPSA) is 70.2 Å². The number of carbonyl (C=O) groups is 2. The van der Waals surface area contributed by atoms with Crippen molar-refractivity contribution < 1.29 is 9.59 Å². The molecule has 80 valence electrons. The van der Waals surface area contributed by atoms with Crippen molar-refractivity contribution in [1.29, 1.82) is 0 Å². The lowest BCUT2D eigenvalue weighted by Gasteiger charge is -2.07. The van der Waals surface area contributed by atoms with Crippen LogP contribution in [0.2, 0.25) is 5.02 Å². The van der Waals surface area contributed by atoms with Gasteiger partial charge in [0, 0.05) is 11.9 Å². The Labute approximate surface area is 91.8 Å². The van der Waals surface area contributed by atoms with Gasteiger partial charge >= 0.3 is 6.03 Å². The maximum atomic E-state index is 11.0. The number of anilines is 1. The minimum absolute atomic E-state index is 0.426. The third kappa shape index (κ3) is 4.33. The van der Waals surface area contributed by atoms with E-state index in [0.29, 0.717) is 10.7 Å². The predicted molar refractivity (Wildman–Crippen MR) is 57.4 cm³/mol. The molecule has 3 amide bonds. The minimum Gasteiger partial charge on any atom is -0.297 e. The highest BCUT2D eigenvalue weighted by atomic mass is 35.5. The number of hydrazine groups is 1. The van der Waals surface area contributed by atoms with Crippen molar-refractivity contribution in [3.05, 3.63) is 29.3 Å². The number of urea groups is 1. The van der Waals surface area contributed by atoms with Crippen LogP contribution in [0.4, 0.5) is 10.5 Å². The van der Waals surface area contributed by atoms with Crippen LogP contribution in [0.1, 0.15) is 6.92 Å². The molecule has 0 aliphatic heterocycles. The lowest BCUT2D eigenvalue weighted by atomic mass is 10.3. The van der Waals surface area contributed by atoms with E-state index >= 15 is 0 Å². The molecule has 0 saturated carbocycles. The summed E-state index contributed by atoms with van der Waals surface area (Å²) in [7, 11) is 0. The Hall–Kier alpha value is -1.75. The van der Waals surface area contributed by atoms with Crippen molar-refractivity contribution >= 4 is 29.2 Å². The zero-order valence-corrected chi connectivity index (χ0v) is 8.76. The Balaban J connectivity index is 2.40. The highest BCUT2D eigenvalue weighted by molar-refractivity contribution is 6.30. The molecule has 0 bridgehead atoms. The Morgan fingerprint density at radius 1 is 1.20 bits per heavy atom. The summed E-state index contributed by atoms with van der Waals surface area (Å²) in [5.41, 5.74) is 5.55. The lowest BCUT2D eigenvalue weighted by Crippen LogP contribution is -2.41. The zero-order valence-electron chi connectivity index (χ0n) is 8.00. The molecular formula is C9H10ClN3O2. The summed E-state index contributed by atoms with van der Waals surface area (Å²) in [5, 5.41) is 2.65. The van der Waals surface area contributed by atoms with Crippen LogP contribution < -0.4 is 16.2 Å². The van der Waals surface area contributed by atoms with Crippen LogP contribution in [0, 0.1) is 0 Å². The fourth-order valence-corrected chi connectivity index (χ4v) is 0.979. The van der Waals surface area contributed by atoms with Crippen molar-refractivity contribution in [3.8, 4) is 0 Å². The fourth-order valence-electron chi connectivity index (χ4n) is 0.853. The van der Waals surface area contributed by atoms with Gasteiger partial charge in [0.15, 0.2) is 0 Å². The van der Waals surface area contributed by atoms with E-state index in [2.05, 4.69) is 10.9 Å². The first kappa shape index (κ1) is 11.3. The van der Waals surface area contributed by atoms with E-state index < -0.39 is 11.9 Å². The average Bonchev–Trinajstić information content (AvgIpc) is 2.16. The standard InChI is InChI=1S/C9H10ClN3O2/c1-6(14)11-9(15)13-12-8-4-2-7(10)3-5-8/h2-5,12H,1H3,(H2,11,13,14,15). The third-order valence-corrected chi connectivity index (χ3v) is 1.71. The van der Waals surface area contributed by atoms with Crippen molar-refractivity contribution in [2.45, 2.75) is 6.92 Å². The normalized spacial score (nSPS) is 9.20. The first-order valence-corrected chi connectivity index (χ1v) is 4.55. The van der Waals surface area contributed by atoms with Crippen molar-refractivity contribution in [1.82, 2.24) is 10.7 Å². The summed E-state index contributed by atoms with van der Waals surface area (Å²) in [4.78, 5) is 21.5. The van der Waals surface area contributed by atoms with Gasteiger partial charge in [-0.25, -0.2) is 4.79 Å². The summed E-state index contributed by atoms with van der Waals surface area (Å²) in [5.74, 6) is -0.426. The van der Waals surface area contributed by atoms with Gasteiger partial charge in [-0.1, -0.05) is 11.6 Å². The molecule has 0 unspecified atom stereocenters. The number of carbonyl (C=O) groups excluding carboxylic acids is 2. The molecule has 1 aromatic rings. The molecule has 0 atom stereocenters. The molecule has 6 heteroatoms. The number of amides is 3. The molecule has 15 heavy (non-hydrogen) atoms. The predicted octanol–water partition coefficient (Wildman–Crippen LogP) is 1.51. The summed E-state index contributed by atoms with van der Waals surface area (Å²) < 4.78 is 0. The Kier molecular flexibility index (Phi) is 3.93. The van der Waals surface area contributed by atoms with Crippen LogP contribution in [0.25, 0.3) is 0 Å². The maximum absolute atomic E-state index is 11.0. The summed E-state index contributed by atoms with van der Waals surface area (Å²) in [6, 6.07) is 6.12. The van der Waals surface area contributed by atoms with Gasteiger partial charge in [0.05, 0.1) is 5.69 Å². The number of nitrogens with one attached hydrogen (secondary N) is 3. The van der Waals surface area contributed by atoms with Crippen LogP contribution in [-0.2, 0) is 4.79 Å². The van der Waals surface area contributed by atoms with E-state index in [9.17, 15) is 9.59 Å². The van der Waals surface area contributed by atoms with Crippen molar-refractivity contribution in [3.63, 3.8) is 0 Å². The van der Waals surface area contributed by atoms with Crippen LogP contribution in [-0.4, -0.2) is 11.9 Å². The first-order valence-electron chi connectivity index (χ1n) is 4.17. The molecule has 0 heterocycles. The zero-order chi connectivity index (χ0) is 11.3. The number of rotatable bonds is 2. The van der Waals surface area contributed by atoms with Gasteiger partial charge in [0.1, 0.15) is 0 Å². The molecule has 0 fully saturated rings. The second kappa shape index (κ2) is 5.21. The van der Waals surface area contributed by atoms with Crippen LogP contribution in [0.3, 0.4) is 0 Å². The number of halogens is 1. The monoisotopic (exact) mass is 227 g/mol. The molecule has 0 aliphatic rings. The SMILES string of the molecule is CC(=O)NC(=O)NNc1ccc(Cl)cc1. The van der Waals surface area contributed by atoms with E-state index in [4.69, 9.17) is 11.6 Å². The molecule has 0 spiro atoms. The van der Waals surface area contributed by atoms with Gasteiger partial charge < -0.3 is 0 Å². The van der Waals surface area contributed by atoms with Crippen LogP contribution in [0.5, 0.6) is 0 Å². The molecule has 3 N–H and O–H groups in total. The molecule has 0 radical (unpaired) electrons. The second-order valence-corrected chi connectivity index (χ2v) is 3.20. The lowest BCUT2D eigenvalue weighted by molar-refractivity contribution is -0.117. The molecule has 0 aromatic heterocycles. The van der Waals surface area contributed by atoms with Crippen LogP contribution >= 0.6 is 11.6 Å². The van der Waals surface area contributed by atoms with E-state index in [1.165, 1.54) is 6.92 Å². The summed E-state index contributed by atoms with van der Waals surface area (Å²) in [6.45, 7) is 1.25. The third-order valence-electron chi connectivity index (χ3n) is 1.45. The van der Waals surface area contributed by atoms with Gasteiger partial charge in [0.25, 0.3) is 0 Å². The largest absolute Gasteiger partial charge is 0.340 e. The quantitative estimate of drug-likeness (QED) is 0.671. The second-order valence-electron chi connectivity index (χ2n) is 2.77. The average molecular weight is 228 g/mol. The van der Waals surface area contributed by atoms with E-state index in [1.807, 2.05) is 5.32 Å². The minimum atomic E-state index is -0.613. The molecule has 0 saturated heterocycles. The Morgan fingerprint density at radius 2 is 1.80 bits per heavy atom. The van der Waals surface area contributed by atoms with Gasteiger partial charge in [0.2, 0.25) is 5.91 Å². The van der Waals surface area contributed by atoms with Crippen molar-refractivity contribution in [2.75, 3.05) is 5.43 Å². The molecular weight excluding hydrogens is 218 g/mol. The molecule has 0 aliphatic carbocycles. The molecule has 1 rings (SSSR count). The van der Waals surface area contributed by atoms with Gasteiger partial charge in [-0.15, -0.1) is 0 Å². The Bertz CT molecular complexity index is 364. The van der Waals surface area contributed by atoms with E-state index in [-0.39, 0.29) is 0 Å². The van der Waals surface area contributed by atoms with Gasteiger partial charge in [-0.2, -0.15) is 0 Å². The van der Waals surface area contributed by atoms with Crippen molar-refractivity contribution in [2.24, 2.45) is 0 Å². The highest BCUT2D eigenvalue weighted by Gasteiger charge is 2.00. The van der Waals surface area contributed by atoms with E-state index in [0.717, 1.165) is 0 Å². The number of hydrogen-bond donors (Lipinski definition) is 3.